The van der Waals surface area contributed by atoms with Gasteiger partial charge in [0.15, 0.2) is 0 Å². The molecular formula is C18H24N2O. The Labute approximate surface area is 126 Å². The second-order valence-corrected chi connectivity index (χ2v) is 6.06. The van der Waals surface area contributed by atoms with E-state index in [9.17, 15) is 5.11 Å². The number of aromatic nitrogens is 2. The zero-order chi connectivity index (χ0) is 14.7. The molecule has 3 rings (SSSR count). The van der Waals surface area contributed by atoms with Gasteiger partial charge in [-0.05, 0) is 37.2 Å². The number of aryl methyl sites for hydroxylation is 1. The van der Waals surface area contributed by atoms with Gasteiger partial charge in [0.05, 0.1) is 12.1 Å². The fraction of sp³-hybridized carbons (Fsp3) is 0.500. The van der Waals surface area contributed by atoms with Gasteiger partial charge in [-0.2, -0.15) is 0 Å². The van der Waals surface area contributed by atoms with Crippen molar-refractivity contribution in [1.82, 2.24) is 9.55 Å². The molecule has 0 saturated heterocycles. The summed E-state index contributed by atoms with van der Waals surface area (Å²) in [6.07, 6.45) is 8.64. The van der Waals surface area contributed by atoms with Crippen LogP contribution < -0.4 is 0 Å². The van der Waals surface area contributed by atoms with Gasteiger partial charge in [-0.3, -0.25) is 0 Å². The first kappa shape index (κ1) is 14.3. The Morgan fingerprint density at radius 1 is 1.24 bits per heavy atom. The highest BCUT2D eigenvalue weighted by Gasteiger charge is 2.31. The van der Waals surface area contributed by atoms with E-state index in [0.29, 0.717) is 5.92 Å². The summed E-state index contributed by atoms with van der Waals surface area (Å²) < 4.78 is 2.21. The molecule has 1 aromatic heterocycles. The van der Waals surface area contributed by atoms with Crippen LogP contribution in [0.2, 0.25) is 0 Å². The van der Waals surface area contributed by atoms with Crippen LogP contribution in [0.15, 0.2) is 42.7 Å². The Morgan fingerprint density at radius 3 is 2.81 bits per heavy atom. The lowest BCUT2D eigenvalue weighted by Crippen LogP contribution is -2.31. The Morgan fingerprint density at radius 2 is 2.05 bits per heavy atom. The molecule has 1 N–H and O–H groups in total. The van der Waals surface area contributed by atoms with Crippen molar-refractivity contribution in [3.63, 3.8) is 0 Å². The van der Waals surface area contributed by atoms with E-state index in [1.807, 2.05) is 12.4 Å². The van der Waals surface area contributed by atoms with E-state index in [4.69, 9.17) is 0 Å². The van der Waals surface area contributed by atoms with Crippen molar-refractivity contribution >= 4 is 0 Å². The van der Waals surface area contributed by atoms with E-state index in [1.54, 1.807) is 0 Å². The van der Waals surface area contributed by atoms with Crippen LogP contribution in [0, 0.1) is 0 Å². The summed E-state index contributed by atoms with van der Waals surface area (Å²) in [7, 11) is 0. The first-order valence-corrected chi connectivity index (χ1v) is 8.04. The van der Waals surface area contributed by atoms with Crippen LogP contribution in [-0.4, -0.2) is 20.8 Å². The topological polar surface area (TPSA) is 38.0 Å². The molecule has 0 aliphatic heterocycles. The number of hydrogen-bond donors (Lipinski definition) is 1. The van der Waals surface area contributed by atoms with E-state index in [2.05, 4.69) is 46.8 Å². The molecule has 3 atom stereocenters. The smallest absolute Gasteiger partial charge is 0.108 e. The van der Waals surface area contributed by atoms with E-state index in [1.165, 1.54) is 5.56 Å². The van der Waals surface area contributed by atoms with Crippen LogP contribution in [0.3, 0.4) is 0 Å². The lowest BCUT2D eigenvalue weighted by Gasteiger charge is -2.35. The molecule has 1 heterocycles. The lowest BCUT2D eigenvalue weighted by molar-refractivity contribution is 0.0661. The molecule has 1 saturated carbocycles. The number of benzene rings is 1. The molecular weight excluding hydrogens is 260 g/mol. The second-order valence-electron chi connectivity index (χ2n) is 6.06. The zero-order valence-corrected chi connectivity index (χ0v) is 12.7. The molecule has 3 unspecified atom stereocenters. The molecule has 3 heteroatoms. The van der Waals surface area contributed by atoms with E-state index in [-0.39, 0.29) is 12.1 Å². The predicted molar refractivity (Wildman–Crippen MR) is 84.3 cm³/mol. The lowest BCUT2D eigenvalue weighted by atomic mass is 9.79. The summed E-state index contributed by atoms with van der Waals surface area (Å²) in [5.41, 5.74) is 1.39. The molecule has 0 bridgehead atoms. The summed E-state index contributed by atoms with van der Waals surface area (Å²) in [6, 6.07) is 10.9. The third-order valence-electron chi connectivity index (χ3n) is 4.63. The van der Waals surface area contributed by atoms with Gasteiger partial charge in [0, 0.05) is 18.8 Å². The number of rotatable bonds is 4. The molecule has 1 aliphatic carbocycles. The number of nitrogens with zero attached hydrogens (tertiary/aromatic N) is 2. The highest BCUT2D eigenvalue weighted by molar-refractivity contribution is 5.20. The standard InChI is InChI=1S/C18H24N2O/c1-2-6-18-19-11-12-20(18)16-13-15(9-10-17(16)21)14-7-4-3-5-8-14/h3-5,7-8,11-12,15-17,21H,2,6,9-10,13H2,1H3. The van der Waals surface area contributed by atoms with Crippen LogP contribution in [0.5, 0.6) is 0 Å². The Hall–Kier alpha value is -1.61. The second kappa shape index (κ2) is 6.44. The van der Waals surface area contributed by atoms with Gasteiger partial charge in [-0.15, -0.1) is 0 Å². The molecule has 1 aliphatic rings. The van der Waals surface area contributed by atoms with Gasteiger partial charge in [0.1, 0.15) is 5.82 Å². The van der Waals surface area contributed by atoms with Crippen molar-refractivity contribution in [2.45, 2.75) is 57.1 Å². The average molecular weight is 284 g/mol. The number of aliphatic hydroxyl groups excluding tert-OH is 1. The van der Waals surface area contributed by atoms with Gasteiger partial charge >= 0.3 is 0 Å². The van der Waals surface area contributed by atoms with E-state index in [0.717, 1.165) is 37.9 Å². The van der Waals surface area contributed by atoms with Crippen molar-refractivity contribution < 1.29 is 5.11 Å². The number of imidazole rings is 1. The SMILES string of the molecule is CCCc1nccn1C1CC(c2ccccc2)CCC1O. The summed E-state index contributed by atoms with van der Waals surface area (Å²) in [6.45, 7) is 2.17. The molecule has 1 fully saturated rings. The van der Waals surface area contributed by atoms with Gasteiger partial charge in [-0.1, -0.05) is 37.3 Å². The third-order valence-corrected chi connectivity index (χ3v) is 4.63. The van der Waals surface area contributed by atoms with Crippen LogP contribution in [0.1, 0.15) is 56.0 Å². The molecule has 21 heavy (non-hydrogen) atoms. The minimum Gasteiger partial charge on any atom is -0.391 e. The van der Waals surface area contributed by atoms with E-state index < -0.39 is 0 Å². The number of aliphatic hydroxyl groups is 1. The largest absolute Gasteiger partial charge is 0.391 e. The molecule has 0 spiro atoms. The minimum atomic E-state index is -0.255. The Bertz CT molecular complexity index is 564. The normalized spacial score (nSPS) is 25.9. The Balaban J connectivity index is 1.82. The summed E-state index contributed by atoms with van der Waals surface area (Å²) >= 11 is 0. The maximum absolute atomic E-state index is 10.4. The maximum atomic E-state index is 10.4. The van der Waals surface area contributed by atoms with Crippen molar-refractivity contribution in [1.29, 1.82) is 0 Å². The third kappa shape index (κ3) is 3.03. The first-order chi connectivity index (χ1) is 10.3. The predicted octanol–water partition coefficient (Wildman–Crippen LogP) is 3.71. The highest BCUT2D eigenvalue weighted by Crippen LogP contribution is 2.39. The van der Waals surface area contributed by atoms with Crippen molar-refractivity contribution in [3.8, 4) is 0 Å². The van der Waals surface area contributed by atoms with Crippen LogP contribution in [-0.2, 0) is 6.42 Å². The summed E-state index contributed by atoms with van der Waals surface area (Å²) in [4.78, 5) is 4.47. The zero-order valence-electron chi connectivity index (χ0n) is 12.7. The molecule has 3 nitrogen and oxygen atoms in total. The van der Waals surface area contributed by atoms with E-state index >= 15 is 0 Å². The van der Waals surface area contributed by atoms with Gasteiger partial charge in [0.2, 0.25) is 0 Å². The fourth-order valence-electron chi connectivity index (χ4n) is 3.52. The van der Waals surface area contributed by atoms with Crippen molar-refractivity contribution in [2.75, 3.05) is 0 Å². The van der Waals surface area contributed by atoms with Gasteiger partial charge in [-0.25, -0.2) is 4.98 Å². The quantitative estimate of drug-likeness (QED) is 0.929. The van der Waals surface area contributed by atoms with Gasteiger partial charge in [0.25, 0.3) is 0 Å². The molecule has 112 valence electrons. The van der Waals surface area contributed by atoms with Crippen molar-refractivity contribution in [2.24, 2.45) is 0 Å². The van der Waals surface area contributed by atoms with Crippen LogP contribution in [0.25, 0.3) is 0 Å². The van der Waals surface area contributed by atoms with Crippen molar-refractivity contribution in [3.05, 3.63) is 54.1 Å². The first-order valence-electron chi connectivity index (χ1n) is 8.04. The maximum Gasteiger partial charge on any atom is 0.108 e. The summed E-state index contributed by atoms with van der Waals surface area (Å²) in [5.74, 6) is 1.65. The molecule has 0 amide bonds. The molecule has 0 radical (unpaired) electrons. The molecule has 1 aromatic carbocycles. The fourth-order valence-corrected chi connectivity index (χ4v) is 3.52. The van der Waals surface area contributed by atoms with Crippen LogP contribution >= 0.6 is 0 Å². The molecule has 2 aromatic rings. The van der Waals surface area contributed by atoms with Gasteiger partial charge < -0.3 is 9.67 Å². The van der Waals surface area contributed by atoms with Crippen LogP contribution in [0.4, 0.5) is 0 Å². The summed E-state index contributed by atoms with van der Waals surface area (Å²) in [5, 5.41) is 10.4. The highest BCUT2D eigenvalue weighted by atomic mass is 16.3. The average Bonchev–Trinajstić information content (AvgIpc) is 2.97. The Kier molecular flexibility index (Phi) is 4.39. The monoisotopic (exact) mass is 284 g/mol. The number of hydrogen-bond acceptors (Lipinski definition) is 2. The minimum absolute atomic E-state index is 0.160.